The molecule has 1 N–H and O–H groups in total. The van der Waals surface area contributed by atoms with E-state index < -0.39 is 60.4 Å². The number of carboxylic acid groups (broad SMARTS) is 1. The van der Waals surface area contributed by atoms with Gasteiger partial charge in [-0.2, -0.15) is 26.3 Å². The highest BCUT2D eigenvalue weighted by Crippen LogP contribution is 2.49. The molecule has 3 aliphatic rings. The summed E-state index contributed by atoms with van der Waals surface area (Å²) >= 11 is 0. The van der Waals surface area contributed by atoms with E-state index in [1.165, 1.54) is 7.11 Å². The van der Waals surface area contributed by atoms with Crippen LogP contribution in [0.3, 0.4) is 0 Å². The van der Waals surface area contributed by atoms with Gasteiger partial charge in [-0.1, -0.05) is 30.3 Å². The molecule has 0 aromatic heterocycles. The van der Waals surface area contributed by atoms with Crippen molar-refractivity contribution >= 4 is 11.9 Å². The van der Waals surface area contributed by atoms with E-state index in [2.05, 4.69) is 0 Å². The van der Waals surface area contributed by atoms with Crippen LogP contribution in [0.1, 0.15) is 46.7 Å². The van der Waals surface area contributed by atoms with Crippen molar-refractivity contribution in [3.05, 3.63) is 101 Å². The van der Waals surface area contributed by atoms with Crippen molar-refractivity contribution in [1.82, 2.24) is 0 Å². The molecule has 7 nitrogen and oxygen atoms in total. The molecule has 0 aliphatic carbocycles. The lowest BCUT2D eigenvalue weighted by Gasteiger charge is -2.59. The molecule has 3 atom stereocenters. The van der Waals surface area contributed by atoms with E-state index in [9.17, 15) is 41.0 Å². The number of nitrogens with zero attached hydrogens (tertiary/aromatic N) is 1. The molecule has 0 spiro atoms. The minimum atomic E-state index is -5.04. The molecule has 3 aliphatic heterocycles. The third-order valence-corrected chi connectivity index (χ3v) is 8.97. The Balaban J connectivity index is 1.55. The average Bonchev–Trinajstić information content (AvgIpc) is 3.03. The number of alkyl halides is 6. The topological polar surface area (TPSA) is 82.1 Å². The molecule has 3 saturated heterocycles. The third kappa shape index (κ3) is 7.00. The number of hydrogen-bond donors (Lipinski definition) is 1. The van der Waals surface area contributed by atoms with Gasteiger partial charge in [-0.05, 0) is 53.6 Å². The van der Waals surface area contributed by atoms with Crippen LogP contribution in [0.15, 0.2) is 72.8 Å². The van der Waals surface area contributed by atoms with Crippen LogP contribution < -0.4 is 4.74 Å². The largest absolute Gasteiger partial charge is 0.497 e. The minimum Gasteiger partial charge on any atom is -0.497 e. The van der Waals surface area contributed by atoms with Crippen molar-refractivity contribution in [2.24, 2.45) is 5.92 Å². The summed E-state index contributed by atoms with van der Waals surface area (Å²) in [5, 5.41) is 9.47. The van der Waals surface area contributed by atoms with Gasteiger partial charge in [0.25, 0.3) is 6.23 Å². The van der Waals surface area contributed by atoms with Crippen molar-refractivity contribution < 1.29 is 59.7 Å². The van der Waals surface area contributed by atoms with E-state index in [-0.39, 0.29) is 22.0 Å². The molecule has 3 aromatic carbocycles. The van der Waals surface area contributed by atoms with E-state index in [1.807, 2.05) is 42.5 Å². The number of fused-ring (bicyclic) bond motifs is 3. The van der Waals surface area contributed by atoms with Crippen molar-refractivity contribution in [2.75, 3.05) is 20.2 Å². The van der Waals surface area contributed by atoms with Crippen LogP contribution in [0.2, 0.25) is 0 Å². The van der Waals surface area contributed by atoms with Crippen molar-refractivity contribution in [1.29, 1.82) is 0 Å². The summed E-state index contributed by atoms with van der Waals surface area (Å²) in [5.74, 6) is -3.05. The van der Waals surface area contributed by atoms with Gasteiger partial charge in [-0.15, -0.1) is 0 Å². The van der Waals surface area contributed by atoms with Gasteiger partial charge in [0, 0.05) is 30.7 Å². The minimum absolute atomic E-state index is 0.0401. The molecular formula is C33H32F6NO6+. The lowest BCUT2D eigenvalue weighted by atomic mass is 9.78. The smallest absolute Gasteiger partial charge is 0.421 e. The summed E-state index contributed by atoms with van der Waals surface area (Å²) in [6, 6.07) is 17.6. The van der Waals surface area contributed by atoms with Crippen LogP contribution in [0, 0.1) is 5.92 Å². The van der Waals surface area contributed by atoms with E-state index in [4.69, 9.17) is 14.2 Å². The molecular weight excluding hydrogens is 620 g/mol. The first-order valence-corrected chi connectivity index (χ1v) is 14.6. The number of rotatable bonds is 9. The molecule has 13 heteroatoms. The molecule has 3 fully saturated rings. The highest BCUT2D eigenvalue weighted by atomic mass is 19.4. The molecule has 3 unspecified atom stereocenters. The summed E-state index contributed by atoms with van der Waals surface area (Å²) in [5.41, 5.74) is -1.53. The van der Waals surface area contributed by atoms with Gasteiger partial charge in [0.2, 0.25) is 0 Å². The second kappa shape index (κ2) is 13.0. The van der Waals surface area contributed by atoms with Crippen molar-refractivity contribution in [2.45, 2.75) is 56.6 Å². The standard InChI is InChI=1S/C33H31F6NO6/c1-44-26-9-7-22(8-10-26)27(17-20-5-3-2-4-6-20)40-13-11-23(12-14-40)28(29(40)46-31(43)30(41)42)45-19-21-15-24(32(34,35)36)18-25(16-21)33(37,38)39/h2-10,15-16,18,23,27-29H,11-14,17,19H2,1H3/p+1. The summed E-state index contributed by atoms with van der Waals surface area (Å²) in [6.45, 7) is 0.280. The average molecular weight is 653 g/mol. The van der Waals surface area contributed by atoms with E-state index >= 15 is 0 Å². The van der Waals surface area contributed by atoms with Crippen molar-refractivity contribution in [3.8, 4) is 5.75 Å². The summed E-state index contributed by atoms with van der Waals surface area (Å²) in [4.78, 5) is 24.3. The maximum absolute atomic E-state index is 13.5. The van der Waals surface area contributed by atoms with Gasteiger partial charge in [0.15, 0.2) is 6.10 Å². The number of hydrogen-bond acceptors (Lipinski definition) is 5. The predicted octanol–water partition coefficient (Wildman–Crippen LogP) is 6.80. The lowest BCUT2D eigenvalue weighted by molar-refractivity contribution is -1.01. The Morgan fingerprint density at radius 2 is 1.46 bits per heavy atom. The van der Waals surface area contributed by atoms with Gasteiger partial charge < -0.3 is 19.3 Å². The zero-order valence-electron chi connectivity index (χ0n) is 24.7. The fraction of sp³-hybridized carbons (Fsp3) is 0.394. The molecule has 0 amide bonds. The highest BCUT2D eigenvalue weighted by molar-refractivity contribution is 6.28. The van der Waals surface area contributed by atoms with Crippen LogP contribution in [0.25, 0.3) is 0 Å². The van der Waals surface area contributed by atoms with Crippen LogP contribution in [0.4, 0.5) is 26.3 Å². The number of halogens is 6. The quantitative estimate of drug-likeness (QED) is 0.119. The number of piperidine rings is 3. The van der Waals surface area contributed by atoms with Crippen LogP contribution >= 0.6 is 0 Å². The van der Waals surface area contributed by atoms with Gasteiger partial charge >= 0.3 is 24.3 Å². The first-order valence-electron chi connectivity index (χ1n) is 14.6. The number of aliphatic carboxylic acids is 1. The number of carbonyl (C=O) groups is 2. The van der Waals surface area contributed by atoms with Crippen LogP contribution in [-0.4, -0.2) is 54.1 Å². The molecule has 6 rings (SSSR count). The molecule has 0 saturated carbocycles. The third-order valence-electron chi connectivity index (χ3n) is 8.97. The van der Waals surface area contributed by atoms with Crippen LogP contribution in [-0.2, 0) is 44.4 Å². The summed E-state index contributed by atoms with van der Waals surface area (Å²) < 4.78 is 98.3. The fourth-order valence-corrected chi connectivity index (χ4v) is 6.77. The SMILES string of the molecule is COc1ccc(C(Cc2ccccc2)[N+]23CCC(CC2)C(OCc2cc(C(F)(F)F)cc(C(F)(F)F)c2)C3OC(=O)C(=O)O)cc1. The normalized spacial score (nSPS) is 23.5. The monoisotopic (exact) mass is 652 g/mol. The Morgan fingerprint density at radius 1 is 0.870 bits per heavy atom. The van der Waals surface area contributed by atoms with Gasteiger partial charge in [-0.25, -0.2) is 9.59 Å². The Kier molecular flexibility index (Phi) is 9.37. The van der Waals surface area contributed by atoms with Gasteiger partial charge in [0.05, 0.1) is 37.9 Å². The molecule has 3 heterocycles. The van der Waals surface area contributed by atoms with E-state index in [1.54, 1.807) is 12.1 Å². The number of methoxy groups -OCH3 is 1. The second-order valence-electron chi connectivity index (χ2n) is 11.7. The van der Waals surface area contributed by atoms with Crippen LogP contribution in [0.5, 0.6) is 5.75 Å². The number of carboxylic acids is 1. The number of carbonyl (C=O) groups excluding carboxylic acids is 1. The summed E-state index contributed by atoms with van der Waals surface area (Å²) in [7, 11) is 1.53. The van der Waals surface area contributed by atoms with Gasteiger partial charge in [-0.3, -0.25) is 4.48 Å². The molecule has 246 valence electrons. The van der Waals surface area contributed by atoms with Gasteiger partial charge in [0.1, 0.15) is 11.8 Å². The number of ether oxygens (including phenoxy) is 3. The Morgan fingerprint density at radius 3 is 1.98 bits per heavy atom. The Hall–Kier alpha value is -4.10. The Bertz CT molecular complexity index is 1500. The maximum atomic E-state index is 13.5. The molecule has 46 heavy (non-hydrogen) atoms. The molecule has 3 aromatic rings. The highest BCUT2D eigenvalue weighted by Gasteiger charge is 2.60. The lowest BCUT2D eigenvalue weighted by Crippen LogP contribution is -2.72. The first kappa shape index (κ1) is 33.3. The number of quaternary nitrogens is 1. The zero-order chi connectivity index (χ0) is 33.3. The fourth-order valence-electron chi connectivity index (χ4n) is 6.77. The number of benzene rings is 3. The Labute approximate surface area is 260 Å². The predicted molar refractivity (Wildman–Crippen MR) is 151 cm³/mol. The van der Waals surface area contributed by atoms with E-state index in [0.717, 1.165) is 11.1 Å². The maximum Gasteiger partial charge on any atom is 0.421 e. The zero-order valence-corrected chi connectivity index (χ0v) is 24.7. The molecule has 0 radical (unpaired) electrons. The summed E-state index contributed by atoms with van der Waals surface area (Å²) in [6.07, 6.45) is -10.8. The first-order chi connectivity index (χ1) is 21.7. The molecule has 2 bridgehead atoms. The van der Waals surface area contributed by atoms with Crippen molar-refractivity contribution in [3.63, 3.8) is 0 Å². The number of esters is 1. The second-order valence-corrected chi connectivity index (χ2v) is 11.7. The van der Waals surface area contributed by atoms with E-state index in [0.29, 0.717) is 50.2 Å².